The summed E-state index contributed by atoms with van der Waals surface area (Å²) in [4.78, 5) is 0. The summed E-state index contributed by atoms with van der Waals surface area (Å²) in [6, 6.07) is 1.53. The van der Waals surface area contributed by atoms with Crippen molar-refractivity contribution < 1.29 is 0 Å². The summed E-state index contributed by atoms with van der Waals surface area (Å²) >= 11 is 0. The third-order valence-corrected chi connectivity index (χ3v) is 3.85. The van der Waals surface area contributed by atoms with E-state index in [1.807, 2.05) is 0 Å². The van der Waals surface area contributed by atoms with Crippen LogP contribution in [0.1, 0.15) is 72.1 Å². The Morgan fingerprint density at radius 2 is 1.93 bits per heavy atom. The predicted molar refractivity (Wildman–Crippen MR) is 68.2 cm³/mol. The summed E-state index contributed by atoms with van der Waals surface area (Å²) in [6.07, 6.45) is 11.2. The van der Waals surface area contributed by atoms with Gasteiger partial charge in [-0.15, -0.1) is 0 Å². The molecule has 0 spiro atoms. The van der Waals surface area contributed by atoms with Gasteiger partial charge in [0, 0.05) is 12.1 Å². The average molecular weight is 211 g/mol. The number of nitrogens with one attached hydrogen (secondary N) is 1. The lowest BCUT2D eigenvalue weighted by Crippen LogP contribution is -2.42. The molecular weight excluding hydrogens is 182 g/mol. The van der Waals surface area contributed by atoms with Crippen LogP contribution < -0.4 is 5.32 Å². The van der Waals surface area contributed by atoms with E-state index < -0.39 is 0 Å². The normalized spacial score (nSPS) is 29.0. The van der Waals surface area contributed by atoms with E-state index in [9.17, 15) is 0 Å². The van der Waals surface area contributed by atoms with Gasteiger partial charge in [-0.25, -0.2) is 0 Å². The number of rotatable bonds is 6. The first-order valence-electron chi connectivity index (χ1n) is 7.00. The standard InChI is InChI=1S/C14H29N/c1-4-5-6-10-13(3)15-14-11-8-7-9-12(14)2/h12-15H,4-11H2,1-3H3. The monoisotopic (exact) mass is 211 g/mol. The van der Waals surface area contributed by atoms with Crippen LogP contribution in [0.15, 0.2) is 0 Å². The summed E-state index contributed by atoms with van der Waals surface area (Å²) in [5, 5.41) is 3.83. The summed E-state index contributed by atoms with van der Waals surface area (Å²) in [7, 11) is 0. The van der Waals surface area contributed by atoms with Crippen LogP contribution in [0.5, 0.6) is 0 Å². The van der Waals surface area contributed by atoms with Crippen molar-refractivity contribution in [3.8, 4) is 0 Å². The lowest BCUT2D eigenvalue weighted by Gasteiger charge is -2.32. The van der Waals surface area contributed by atoms with Crippen LogP contribution in [0.4, 0.5) is 0 Å². The summed E-state index contributed by atoms with van der Waals surface area (Å²) in [5.41, 5.74) is 0. The van der Waals surface area contributed by atoms with E-state index in [4.69, 9.17) is 0 Å². The molecule has 3 atom stereocenters. The van der Waals surface area contributed by atoms with E-state index in [2.05, 4.69) is 26.1 Å². The molecule has 3 unspecified atom stereocenters. The SMILES string of the molecule is CCCCCC(C)NC1CCCCC1C. The van der Waals surface area contributed by atoms with Gasteiger partial charge in [-0.2, -0.15) is 0 Å². The fourth-order valence-electron chi connectivity index (χ4n) is 2.71. The van der Waals surface area contributed by atoms with Gasteiger partial charge in [-0.3, -0.25) is 0 Å². The maximum Gasteiger partial charge on any atom is 0.00951 e. The van der Waals surface area contributed by atoms with Crippen LogP contribution in [-0.4, -0.2) is 12.1 Å². The van der Waals surface area contributed by atoms with Gasteiger partial charge in [-0.05, 0) is 32.1 Å². The molecule has 1 aliphatic rings. The fraction of sp³-hybridized carbons (Fsp3) is 1.00. The van der Waals surface area contributed by atoms with Crippen LogP contribution in [-0.2, 0) is 0 Å². The number of hydrogen-bond donors (Lipinski definition) is 1. The van der Waals surface area contributed by atoms with Gasteiger partial charge >= 0.3 is 0 Å². The van der Waals surface area contributed by atoms with Crippen LogP contribution >= 0.6 is 0 Å². The van der Waals surface area contributed by atoms with Crippen LogP contribution in [0.25, 0.3) is 0 Å². The van der Waals surface area contributed by atoms with Gasteiger partial charge in [-0.1, -0.05) is 46.0 Å². The number of unbranched alkanes of at least 4 members (excludes halogenated alkanes) is 2. The Morgan fingerprint density at radius 1 is 1.20 bits per heavy atom. The zero-order chi connectivity index (χ0) is 11.1. The van der Waals surface area contributed by atoms with Gasteiger partial charge in [0.25, 0.3) is 0 Å². The highest BCUT2D eigenvalue weighted by atomic mass is 14.9. The van der Waals surface area contributed by atoms with Gasteiger partial charge in [0.1, 0.15) is 0 Å². The molecule has 1 rings (SSSR count). The highest BCUT2D eigenvalue weighted by Crippen LogP contribution is 2.24. The molecule has 0 saturated heterocycles. The van der Waals surface area contributed by atoms with Gasteiger partial charge in [0.05, 0.1) is 0 Å². The first-order valence-corrected chi connectivity index (χ1v) is 7.00. The first kappa shape index (κ1) is 13.0. The highest BCUT2D eigenvalue weighted by molar-refractivity contribution is 4.80. The van der Waals surface area contributed by atoms with Crippen molar-refractivity contribution in [1.82, 2.24) is 5.32 Å². The predicted octanol–water partition coefficient (Wildman–Crippen LogP) is 4.12. The molecule has 1 saturated carbocycles. The van der Waals surface area contributed by atoms with E-state index in [-0.39, 0.29) is 0 Å². The molecule has 90 valence electrons. The zero-order valence-corrected chi connectivity index (χ0v) is 10.9. The summed E-state index contributed by atoms with van der Waals surface area (Å²) in [6.45, 7) is 7.05. The third kappa shape index (κ3) is 5.01. The van der Waals surface area contributed by atoms with E-state index in [0.29, 0.717) is 0 Å². The molecule has 0 aromatic rings. The van der Waals surface area contributed by atoms with Gasteiger partial charge in [0.15, 0.2) is 0 Å². The zero-order valence-electron chi connectivity index (χ0n) is 10.9. The van der Waals surface area contributed by atoms with Crippen LogP contribution in [0.2, 0.25) is 0 Å². The second-order valence-corrected chi connectivity index (χ2v) is 5.43. The smallest absolute Gasteiger partial charge is 0.00951 e. The molecule has 0 bridgehead atoms. The first-order chi connectivity index (χ1) is 7.24. The highest BCUT2D eigenvalue weighted by Gasteiger charge is 2.21. The minimum atomic E-state index is 0.724. The molecule has 0 aromatic heterocycles. The molecule has 15 heavy (non-hydrogen) atoms. The summed E-state index contributed by atoms with van der Waals surface area (Å²) in [5.74, 6) is 0.896. The maximum absolute atomic E-state index is 3.83. The maximum atomic E-state index is 3.83. The third-order valence-electron chi connectivity index (χ3n) is 3.85. The summed E-state index contributed by atoms with van der Waals surface area (Å²) < 4.78 is 0. The van der Waals surface area contributed by atoms with Crippen molar-refractivity contribution in [2.45, 2.75) is 84.2 Å². The molecule has 0 heterocycles. The minimum Gasteiger partial charge on any atom is -0.311 e. The quantitative estimate of drug-likeness (QED) is 0.652. The molecule has 0 aliphatic heterocycles. The van der Waals surface area contributed by atoms with E-state index in [1.54, 1.807) is 0 Å². The van der Waals surface area contributed by atoms with Crippen molar-refractivity contribution in [3.05, 3.63) is 0 Å². The Balaban J connectivity index is 2.15. The van der Waals surface area contributed by atoms with Crippen molar-refractivity contribution in [2.75, 3.05) is 0 Å². The molecule has 1 nitrogen and oxygen atoms in total. The van der Waals surface area contributed by atoms with Crippen LogP contribution in [0.3, 0.4) is 0 Å². The Kier molecular flexibility index (Phi) is 6.31. The lowest BCUT2D eigenvalue weighted by atomic mass is 9.85. The number of hydrogen-bond acceptors (Lipinski definition) is 1. The Bertz CT molecular complexity index is 155. The van der Waals surface area contributed by atoms with Crippen molar-refractivity contribution in [3.63, 3.8) is 0 Å². The Morgan fingerprint density at radius 3 is 2.60 bits per heavy atom. The van der Waals surface area contributed by atoms with Gasteiger partial charge in [0.2, 0.25) is 0 Å². The van der Waals surface area contributed by atoms with Crippen molar-refractivity contribution >= 4 is 0 Å². The fourth-order valence-corrected chi connectivity index (χ4v) is 2.71. The van der Waals surface area contributed by atoms with E-state index >= 15 is 0 Å². The van der Waals surface area contributed by atoms with Crippen molar-refractivity contribution in [2.24, 2.45) is 5.92 Å². The van der Waals surface area contributed by atoms with Gasteiger partial charge < -0.3 is 5.32 Å². The molecule has 0 radical (unpaired) electrons. The minimum absolute atomic E-state index is 0.724. The molecular formula is C14H29N. The average Bonchev–Trinajstić information content (AvgIpc) is 2.22. The van der Waals surface area contributed by atoms with Crippen LogP contribution in [0, 0.1) is 5.92 Å². The second-order valence-electron chi connectivity index (χ2n) is 5.43. The molecule has 0 amide bonds. The molecule has 0 aromatic carbocycles. The molecule has 1 N–H and O–H groups in total. The molecule has 1 fully saturated rings. The Hall–Kier alpha value is -0.0400. The topological polar surface area (TPSA) is 12.0 Å². The molecule has 1 heteroatoms. The van der Waals surface area contributed by atoms with Crippen molar-refractivity contribution in [1.29, 1.82) is 0 Å². The second kappa shape index (κ2) is 7.27. The van der Waals surface area contributed by atoms with E-state index in [1.165, 1.54) is 51.4 Å². The van der Waals surface area contributed by atoms with E-state index in [0.717, 1.165) is 18.0 Å². The molecule has 1 aliphatic carbocycles. The lowest BCUT2D eigenvalue weighted by molar-refractivity contribution is 0.257. The largest absolute Gasteiger partial charge is 0.311 e. The Labute approximate surface area is 96.0 Å².